The van der Waals surface area contributed by atoms with E-state index in [1.807, 2.05) is 68.1 Å². The third-order valence-electron chi connectivity index (χ3n) is 6.66. The first-order chi connectivity index (χ1) is 18.2. The predicted molar refractivity (Wildman–Crippen MR) is 153 cm³/mol. The zero-order valence-electron chi connectivity index (χ0n) is 22.9. The number of amides is 1. The molecule has 1 amide bonds. The van der Waals surface area contributed by atoms with Crippen molar-refractivity contribution in [2.45, 2.75) is 70.5 Å². The maximum absolute atomic E-state index is 13.5. The predicted octanol–water partition coefficient (Wildman–Crippen LogP) is 5.78. The third kappa shape index (κ3) is 6.89. The van der Waals surface area contributed by atoms with E-state index in [2.05, 4.69) is 48.5 Å². The number of pyridine rings is 1. The van der Waals surface area contributed by atoms with Crippen LogP contribution in [0.2, 0.25) is 0 Å². The van der Waals surface area contributed by atoms with Gasteiger partial charge in [0.25, 0.3) is 5.91 Å². The van der Waals surface area contributed by atoms with E-state index in [1.54, 1.807) is 6.20 Å². The van der Waals surface area contributed by atoms with Crippen molar-refractivity contribution in [1.82, 2.24) is 14.6 Å². The van der Waals surface area contributed by atoms with Crippen LogP contribution in [0.1, 0.15) is 72.8 Å². The fourth-order valence-corrected chi connectivity index (χ4v) is 5.47. The molecule has 4 rings (SSSR count). The number of terminal acetylenes is 1. The molecule has 1 aliphatic heterocycles. The van der Waals surface area contributed by atoms with E-state index in [0.29, 0.717) is 35.8 Å². The van der Waals surface area contributed by atoms with Crippen LogP contribution >= 0.6 is 0 Å². The summed E-state index contributed by atoms with van der Waals surface area (Å²) in [6.45, 7) is 11.2. The monoisotopic (exact) mass is 531 g/mol. The molecule has 1 unspecified atom stereocenters. The minimum atomic E-state index is -1.42. The first-order valence-electron chi connectivity index (χ1n) is 12.8. The average molecular weight is 532 g/mol. The quantitative estimate of drug-likeness (QED) is 0.374. The van der Waals surface area contributed by atoms with E-state index in [9.17, 15) is 9.00 Å². The molecule has 2 heterocycles. The second kappa shape index (κ2) is 12.9. The molecule has 7 heteroatoms. The lowest BCUT2D eigenvalue weighted by Gasteiger charge is -2.37. The summed E-state index contributed by atoms with van der Waals surface area (Å²) >= 11 is 0. The highest BCUT2D eigenvalue weighted by Gasteiger charge is 2.36. The van der Waals surface area contributed by atoms with Gasteiger partial charge in [-0.25, -0.2) is 13.9 Å². The standard InChI is InChI=1S/C29H35N3O3S.C2H2/c1-6-21-12-14-24(15-13-21)36(34)31-26-17-29(4,5)35-27-25(26)16-23(18-30-27)28(33)32(7-2)19-22-11-9-8-10-20(22)3;1-2/h8-16,18,26,31H,6-7,17,19H2,1-5H3;1-2H/t26-,36?;/m0./s1. The van der Waals surface area contributed by atoms with Crippen molar-refractivity contribution in [2.75, 3.05) is 6.54 Å². The van der Waals surface area contributed by atoms with Crippen molar-refractivity contribution in [3.63, 3.8) is 0 Å². The smallest absolute Gasteiger partial charge is 0.255 e. The molecule has 1 aliphatic rings. The third-order valence-corrected chi connectivity index (χ3v) is 7.86. The van der Waals surface area contributed by atoms with E-state index in [-0.39, 0.29) is 11.9 Å². The molecule has 3 aromatic rings. The van der Waals surface area contributed by atoms with Gasteiger partial charge in [0.2, 0.25) is 5.88 Å². The van der Waals surface area contributed by atoms with Crippen molar-refractivity contribution >= 4 is 16.9 Å². The molecular formula is C31H37N3O3S. The molecular weight excluding hydrogens is 494 g/mol. The molecule has 0 saturated carbocycles. The Morgan fingerprint density at radius 2 is 1.84 bits per heavy atom. The molecule has 1 aromatic heterocycles. The SMILES string of the molecule is C#C.CCc1ccc(S(=O)N[C@H]2CC(C)(C)Oc3ncc(C(=O)N(CC)Cc4ccccc4C)cc32)cc1. The molecule has 6 nitrogen and oxygen atoms in total. The number of nitrogens with zero attached hydrogens (tertiary/aromatic N) is 2. The summed E-state index contributed by atoms with van der Waals surface area (Å²) in [5.74, 6) is 0.386. The lowest BCUT2D eigenvalue weighted by atomic mass is 9.91. The molecule has 0 saturated heterocycles. The van der Waals surface area contributed by atoms with Gasteiger partial charge in [0.05, 0.1) is 16.5 Å². The largest absolute Gasteiger partial charge is 0.471 e. The number of hydrogen-bond acceptors (Lipinski definition) is 4. The molecule has 0 spiro atoms. The highest BCUT2D eigenvalue weighted by molar-refractivity contribution is 7.83. The van der Waals surface area contributed by atoms with Crippen molar-refractivity contribution in [1.29, 1.82) is 0 Å². The van der Waals surface area contributed by atoms with E-state index < -0.39 is 16.6 Å². The first-order valence-corrected chi connectivity index (χ1v) is 14.0. The summed E-state index contributed by atoms with van der Waals surface area (Å²) in [6.07, 6.45) is 11.1. The van der Waals surface area contributed by atoms with Crippen molar-refractivity contribution in [3.8, 4) is 18.7 Å². The summed E-state index contributed by atoms with van der Waals surface area (Å²) in [5.41, 5.74) is 4.24. The summed E-state index contributed by atoms with van der Waals surface area (Å²) in [5, 5.41) is 0. The summed E-state index contributed by atoms with van der Waals surface area (Å²) in [7, 11) is -1.42. The van der Waals surface area contributed by atoms with Gasteiger partial charge >= 0.3 is 0 Å². The van der Waals surface area contributed by atoms with Gasteiger partial charge in [-0.15, -0.1) is 12.8 Å². The number of carbonyl (C=O) groups excluding carboxylic acids is 1. The molecule has 2 aromatic carbocycles. The van der Waals surface area contributed by atoms with Crippen LogP contribution in [0, 0.1) is 19.8 Å². The highest BCUT2D eigenvalue weighted by atomic mass is 32.2. The van der Waals surface area contributed by atoms with Gasteiger partial charge in [-0.3, -0.25) is 4.79 Å². The Morgan fingerprint density at radius 1 is 1.16 bits per heavy atom. The van der Waals surface area contributed by atoms with Gasteiger partial charge in [0, 0.05) is 31.3 Å². The molecule has 0 aliphatic carbocycles. The zero-order chi connectivity index (χ0) is 27.9. The second-order valence-electron chi connectivity index (χ2n) is 9.87. The Kier molecular flexibility index (Phi) is 9.84. The van der Waals surface area contributed by atoms with Crippen LogP contribution in [0.5, 0.6) is 5.88 Å². The summed E-state index contributed by atoms with van der Waals surface area (Å²) in [4.78, 5) is 20.5. The zero-order valence-corrected chi connectivity index (χ0v) is 23.7. The molecule has 0 radical (unpaired) electrons. The van der Waals surface area contributed by atoms with Crippen LogP contribution in [0.4, 0.5) is 0 Å². The number of nitrogens with one attached hydrogen (secondary N) is 1. The molecule has 200 valence electrons. The van der Waals surface area contributed by atoms with Gasteiger partial charge in [-0.1, -0.05) is 43.3 Å². The molecule has 0 bridgehead atoms. The molecule has 1 N–H and O–H groups in total. The number of hydrogen-bond donors (Lipinski definition) is 1. The Balaban J connectivity index is 0.00000195. The van der Waals surface area contributed by atoms with Gasteiger partial charge in [0.15, 0.2) is 0 Å². The Morgan fingerprint density at radius 3 is 2.47 bits per heavy atom. The molecule has 2 atom stereocenters. The van der Waals surface area contributed by atoms with Crippen LogP contribution in [-0.2, 0) is 24.0 Å². The van der Waals surface area contributed by atoms with Crippen molar-refractivity contribution in [2.24, 2.45) is 0 Å². The maximum Gasteiger partial charge on any atom is 0.255 e. The summed E-state index contributed by atoms with van der Waals surface area (Å²) < 4.78 is 22.6. The number of ether oxygens (including phenoxy) is 1. The normalized spacial score (nSPS) is 16.2. The Hall–Kier alpha value is -3.47. The van der Waals surface area contributed by atoms with Crippen molar-refractivity contribution in [3.05, 3.63) is 88.6 Å². The minimum Gasteiger partial charge on any atom is -0.471 e. The molecule has 38 heavy (non-hydrogen) atoms. The fraction of sp³-hybridized carbons (Fsp3) is 0.355. The number of aromatic nitrogens is 1. The van der Waals surface area contributed by atoms with Crippen LogP contribution in [0.25, 0.3) is 0 Å². The number of benzene rings is 2. The van der Waals surface area contributed by atoms with E-state index in [1.165, 1.54) is 5.56 Å². The average Bonchev–Trinajstić information content (AvgIpc) is 2.92. The van der Waals surface area contributed by atoms with Crippen LogP contribution < -0.4 is 9.46 Å². The lowest BCUT2D eigenvalue weighted by molar-refractivity contribution is 0.0639. The Bertz CT molecular complexity index is 1300. The topological polar surface area (TPSA) is 71.5 Å². The molecule has 0 fully saturated rings. The Labute approximate surface area is 229 Å². The summed E-state index contributed by atoms with van der Waals surface area (Å²) in [6, 6.07) is 17.5. The number of fused-ring (bicyclic) bond motifs is 1. The van der Waals surface area contributed by atoms with Gasteiger partial charge in [0.1, 0.15) is 16.6 Å². The van der Waals surface area contributed by atoms with Crippen LogP contribution in [-0.4, -0.2) is 32.1 Å². The first kappa shape index (κ1) is 29.1. The van der Waals surface area contributed by atoms with Gasteiger partial charge < -0.3 is 9.64 Å². The number of carbonyl (C=O) groups is 1. The van der Waals surface area contributed by atoms with E-state index >= 15 is 0 Å². The van der Waals surface area contributed by atoms with E-state index in [4.69, 9.17) is 4.74 Å². The number of rotatable bonds is 8. The lowest BCUT2D eigenvalue weighted by Crippen LogP contribution is -2.40. The van der Waals surface area contributed by atoms with Gasteiger partial charge in [-0.2, -0.15) is 0 Å². The maximum atomic E-state index is 13.5. The van der Waals surface area contributed by atoms with E-state index in [0.717, 1.165) is 23.1 Å². The second-order valence-corrected chi connectivity index (χ2v) is 11.1. The van der Waals surface area contributed by atoms with Crippen LogP contribution in [0.15, 0.2) is 65.7 Å². The van der Waals surface area contributed by atoms with Crippen LogP contribution in [0.3, 0.4) is 0 Å². The fourth-order valence-electron chi connectivity index (χ4n) is 4.48. The van der Waals surface area contributed by atoms with Gasteiger partial charge in [-0.05, 0) is 69.0 Å². The van der Waals surface area contributed by atoms with Crippen molar-refractivity contribution < 1.29 is 13.7 Å². The number of aryl methyl sites for hydroxylation is 2. The minimum absolute atomic E-state index is 0.0871. The highest BCUT2D eigenvalue weighted by Crippen LogP contribution is 2.39.